The molecule has 0 radical (unpaired) electrons. The first-order chi connectivity index (χ1) is 13.5. The molecule has 2 amide bonds. The van der Waals surface area contributed by atoms with Crippen molar-refractivity contribution in [2.75, 3.05) is 10.6 Å². The Balaban J connectivity index is 1.62. The highest BCUT2D eigenvalue weighted by Crippen LogP contribution is 2.31. The lowest BCUT2D eigenvalue weighted by molar-refractivity contribution is -0.147. The molecule has 6 nitrogen and oxygen atoms in total. The van der Waals surface area contributed by atoms with Crippen LogP contribution in [0.4, 0.5) is 11.4 Å². The number of benzene rings is 2. The number of rotatable bonds is 5. The lowest BCUT2D eigenvalue weighted by atomic mass is 9.78. The van der Waals surface area contributed by atoms with Crippen LogP contribution in [0.5, 0.6) is 0 Å². The molecule has 2 aromatic carbocycles. The normalized spacial score (nSPS) is 18.9. The summed E-state index contributed by atoms with van der Waals surface area (Å²) in [4.78, 5) is 36.3. The Kier molecular flexibility index (Phi) is 6.09. The molecular weight excluding hydrogens is 356 g/mol. The predicted octanol–water partition coefficient (Wildman–Crippen LogP) is 4.08. The molecule has 0 heterocycles. The maximum atomic E-state index is 12.5. The largest absolute Gasteiger partial charge is 0.481 e. The third kappa shape index (κ3) is 4.57. The molecule has 0 saturated heterocycles. The molecule has 2 unspecified atom stereocenters. The first kappa shape index (κ1) is 19.6. The minimum Gasteiger partial charge on any atom is -0.481 e. The molecule has 0 aliphatic heterocycles. The van der Waals surface area contributed by atoms with E-state index in [1.54, 1.807) is 30.3 Å². The highest BCUT2D eigenvalue weighted by molar-refractivity contribution is 6.05. The monoisotopic (exact) mass is 380 g/mol. The van der Waals surface area contributed by atoms with Crippen molar-refractivity contribution in [3.8, 4) is 0 Å². The van der Waals surface area contributed by atoms with Crippen molar-refractivity contribution < 1.29 is 19.5 Å². The Labute approximate surface area is 164 Å². The quantitative estimate of drug-likeness (QED) is 0.728. The predicted molar refractivity (Wildman–Crippen MR) is 107 cm³/mol. The summed E-state index contributed by atoms with van der Waals surface area (Å²) in [5.41, 5.74) is 2.70. The van der Waals surface area contributed by atoms with Crippen molar-refractivity contribution in [1.29, 1.82) is 0 Å². The number of carboxylic acids is 1. The van der Waals surface area contributed by atoms with Gasteiger partial charge in [0.2, 0.25) is 5.91 Å². The van der Waals surface area contributed by atoms with Gasteiger partial charge in [-0.15, -0.1) is 0 Å². The average Bonchev–Trinajstić information content (AvgIpc) is 2.69. The topological polar surface area (TPSA) is 95.5 Å². The van der Waals surface area contributed by atoms with Crippen molar-refractivity contribution in [1.82, 2.24) is 0 Å². The summed E-state index contributed by atoms with van der Waals surface area (Å²) in [6.45, 7) is 1.88. The van der Waals surface area contributed by atoms with Crippen LogP contribution in [0.2, 0.25) is 0 Å². The van der Waals surface area contributed by atoms with Crippen LogP contribution in [0.25, 0.3) is 0 Å². The van der Waals surface area contributed by atoms with Crippen LogP contribution in [0.1, 0.15) is 41.6 Å². The van der Waals surface area contributed by atoms with E-state index in [1.807, 2.05) is 25.1 Å². The smallest absolute Gasteiger partial charge is 0.307 e. The number of carboxylic acid groups (broad SMARTS) is 1. The number of hydrogen-bond donors (Lipinski definition) is 3. The van der Waals surface area contributed by atoms with Crippen LogP contribution in [0.15, 0.2) is 48.5 Å². The number of aliphatic carboxylic acids is 1. The van der Waals surface area contributed by atoms with Crippen LogP contribution in [0.3, 0.4) is 0 Å². The molecule has 2 aromatic rings. The van der Waals surface area contributed by atoms with E-state index in [4.69, 9.17) is 0 Å². The number of carbonyl (C=O) groups is 3. The fourth-order valence-electron chi connectivity index (χ4n) is 3.64. The maximum absolute atomic E-state index is 12.5. The zero-order chi connectivity index (χ0) is 20.1. The van der Waals surface area contributed by atoms with E-state index in [0.717, 1.165) is 18.4 Å². The zero-order valence-corrected chi connectivity index (χ0v) is 15.8. The Morgan fingerprint density at radius 2 is 1.43 bits per heavy atom. The Hall–Kier alpha value is -3.15. The third-order valence-electron chi connectivity index (χ3n) is 5.22. The summed E-state index contributed by atoms with van der Waals surface area (Å²) in [5, 5.41) is 15.0. The van der Waals surface area contributed by atoms with Crippen LogP contribution in [-0.4, -0.2) is 22.9 Å². The molecule has 1 fully saturated rings. The molecule has 0 aromatic heterocycles. The van der Waals surface area contributed by atoms with E-state index in [0.29, 0.717) is 29.8 Å². The van der Waals surface area contributed by atoms with Gasteiger partial charge >= 0.3 is 5.97 Å². The molecule has 2 atom stereocenters. The van der Waals surface area contributed by atoms with E-state index in [9.17, 15) is 19.5 Å². The first-order valence-corrected chi connectivity index (χ1v) is 9.46. The number of amides is 2. The van der Waals surface area contributed by atoms with Crippen molar-refractivity contribution in [3.05, 3.63) is 59.7 Å². The van der Waals surface area contributed by atoms with E-state index in [-0.39, 0.29) is 11.8 Å². The fraction of sp³-hybridized carbons (Fsp3) is 0.318. The lowest BCUT2D eigenvalue weighted by Crippen LogP contribution is -2.36. The van der Waals surface area contributed by atoms with E-state index in [2.05, 4.69) is 10.6 Å². The van der Waals surface area contributed by atoms with Crippen molar-refractivity contribution in [3.63, 3.8) is 0 Å². The molecule has 0 bridgehead atoms. The number of carbonyl (C=O) groups excluding carboxylic acids is 2. The first-order valence-electron chi connectivity index (χ1n) is 9.46. The Bertz CT molecular complexity index is 876. The molecular formula is C22H24N2O4. The minimum atomic E-state index is -0.908. The molecule has 3 N–H and O–H groups in total. The molecule has 1 aliphatic rings. The van der Waals surface area contributed by atoms with Gasteiger partial charge in [0.05, 0.1) is 11.8 Å². The summed E-state index contributed by atoms with van der Waals surface area (Å²) in [5.74, 6) is -2.49. The number of anilines is 2. The van der Waals surface area contributed by atoms with Gasteiger partial charge in [-0.05, 0) is 55.7 Å². The van der Waals surface area contributed by atoms with Gasteiger partial charge in [0.1, 0.15) is 0 Å². The second-order valence-electron chi connectivity index (χ2n) is 7.17. The van der Waals surface area contributed by atoms with Crippen LogP contribution < -0.4 is 10.6 Å². The SMILES string of the molecule is Cc1ccccc1C(=O)Nc1ccc(NC(=O)C2CCCCC2C(=O)O)cc1. The van der Waals surface area contributed by atoms with Crippen LogP contribution in [0, 0.1) is 18.8 Å². The lowest BCUT2D eigenvalue weighted by Gasteiger charge is -2.27. The summed E-state index contributed by atoms with van der Waals surface area (Å²) in [7, 11) is 0. The van der Waals surface area contributed by atoms with Gasteiger partial charge in [0.25, 0.3) is 5.91 Å². The van der Waals surface area contributed by atoms with E-state index in [1.165, 1.54) is 0 Å². The standard InChI is InChI=1S/C22H24N2O4/c1-14-6-2-3-7-17(14)20(25)23-15-10-12-16(13-11-15)24-21(26)18-8-4-5-9-19(18)22(27)28/h2-3,6-7,10-13,18-19H,4-5,8-9H2,1H3,(H,23,25)(H,24,26)(H,27,28). The Morgan fingerprint density at radius 1 is 0.857 bits per heavy atom. The van der Waals surface area contributed by atoms with Gasteiger partial charge in [-0.25, -0.2) is 0 Å². The maximum Gasteiger partial charge on any atom is 0.307 e. The van der Waals surface area contributed by atoms with Crippen molar-refractivity contribution in [2.24, 2.45) is 11.8 Å². The summed E-state index contributed by atoms with van der Waals surface area (Å²) in [6.07, 6.45) is 2.84. The van der Waals surface area contributed by atoms with E-state index < -0.39 is 17.8 Å². The average molecular weight is 380 g/mol. The number of nitrogens with one attached hydrogen (secondary N) is 2. The summed E-state index contributed by atoms with van der Waals surface area (Å²) in [6, 6.07) is 14.2. The fourth-order valence-corrected chi connectivity index (χ4v) is 3.64. The summed E-state index contributed by atoms with van der Waals surface area (Å²) >= 11 is 0. The second kappa shape index (κ2) is 8.69. The zero-order valence-electron chi connectivity index (χ0n) is 15.8. The molecule has 1 aliphatic carbocycles. The molecule has 0 spiro atoms. The third-order valence-corrected chi connectivity index (χ3v) is 5.22. The Morgan fingerprint density at radius 3 is 2.04 bits per heavy atom. The molecule has 1 saturated carbocycles. The highest BCUT2D eigenvalue weighted by atomic mass is 16.4. The minimum absolute atomic E-state index is 0.193. The van der Waals surface area contributed by atoms with Gasteiger partial charge < -0.3 is 15.7 Å². The van der Waals surface area contributed by atoms with Gasteiger partial charge in [-0.2, -0.15) is 0 Å². The summed E-state index contributed by atoms with van der Waals surface area (Å²) < 4.78 is 0. The number of hydrogen-bond acceptors (Lipinski definition) is 3. The molecule has 3 rings (SSSR count). The van der Waals surface area contributed by atoms with Crippen LogP contribution >= 0.6 is 0 Å². The van der Waals surface area contributed by atoms with Gasteiger partial charge in [-0.1, -0.05) is 31.0 Å². The van der Waals surface area contributed by atoms with Crippen molar-refractivity contribution in [2.45, 2.75) is 32.6 Å². The van der Waals surface area contributed by atoms with Gasteiger partial charge in [0, 0.05) is 16.9 Å². The molecule has 146 valence electrons. The van der Waals surface area contributed by atoms with E-state index >= 15 is 0 Å². The molecule has 6 heteroatoms. The van der Waals surface area contributed by atoms with Crippen LogP contribution in [-0.2, 0) is 9.59 Å². The molecule has 28 heavy (non-hydrogen) atoms. The van der Waals surface area contributed by atoms with Gasteiger partial charge in [-0.3, -0.25) is 14.4 Å². The second-order valence-corrected chi connectivity index (χ2v) is 7.17. The number of aryl methyl sites for hydroxylation is 1. The highest BCUT2D eigenvalue weighted by Gasteiger charge is 2.35. The van der Waals surface area contributed by atoms with Gasteiger partial charge in [0.15, 0.2) is 0 Å². The van der Waals surface area contributed by atoms with Crippen molar-refractivity contribution >= 4 is 29.2 Å².